The molecule has 162 valence electrons. The quantitative estimate of drug-likeness (QED) is 0.484. The van der Waals surface area contributed by atoms with Crippen molar-refractivity contribution in [2.45, 2.75) is 37.4 Å². The number of aromatic hydroxyl groups is 2. The zero-order valence-electron chi connectivity index (χ0n) is 16.7. The Bertz CT molecular complexity index is 1160. The number of aromatic nitrogens is 1. The van der Waals surface area contributed by atoms with Gasteiger partial charge in [0, 0.05) is 16.5 Å². The normalized spacial score (nSPS) is 23.9. The average Bonchev–Trinajstić information content (AvgIpc) is 3.27. The SMILES string of the molecule is C[C@]12CC[C@](CCOc3ccc(F)cc3)(O1)c1c2c(O)n(-c2cc(Cl)cc(Cl)c2)c1O. The van der Waals surface area contributed by atoms with E-state index in [0.717, 1.165) is 0 Å². The maximum atomic E-state index is 13.1. The molecule has 3 aromatic rings. The molecule has 1 fully saturated rings. The molecular formula is C23H20Cl2FNO4. The first kappa shape index (κ1) is 20.5. The van der Waals surface area contributed by atoms with Crippen LogP contribution in [0.2, 0.25) is 10.0 Å². The van der Waals surface area contributed by atoms with Crippen LogP contribution in [0.15, 0.2) is 42.5 Å². The molecule has 5 nitrogen and oxygen atoms in total. The molecule has 2 N–H and O–H groups in total. The van der Waals surface area contributed by atoms with E-state index in [0.29, 0.717) is 58.5 Å². The molecule has 0 spiro atoms. The van der Waals surface area contributed by atoms with Gasteiger partial charge in [0.15, 0.2) is 0 Å². The average molecular weight is 464 g/mol. The number of halogens is 3. The minimum absolute atomic E-state index is 0.0886. The van der Waals surface area contributed by atoms with Crippen molar-refractivity contribution >= 4 is 23.2 Å². The lowest BCUT2D eigenvalue weighted by molar-refractivity contribution is -0.0876. The van der Waals surface area contributed by atoms with Crippen molar-refractivity contribution in [2.75, 3.05) is 6.61 Å². The molecule has 2 bridgehead atoms. The molecule has 3 heterocycles. The summed E-state index contributed by atoms with van der Waals surface area (Å²) in [6.07, 6.45) is 1.83. The zero-order chi connectivity index (χ0) is 22.0. The van der Waals surface area contributed by atoms with Crippen LogP contribution in [-0.4, -0.2) is 21.4 Å². The number of nitrogens with zero attached hydrogens (tertiary/aromatic N) is 1. The Kier molecular flexibility index (Phi) is 4.66. The van der Waals surface area contributed by atoms with E-state index in [2.05, 4.69) is 0 Å². The molecule has 0 saturated carbocycles. The van der Waals surface area contributed by atoms with Gasteiger partial charge in [0.05, 0.1) is 29.0 Å². The fourth-order valence-corrected chi connectivity index (χ4v) is 5.40. The Morgan fingerprint density at radius 2 is 1.68 bits per heavy atom. The van der Waals surface area contributed by atoms with E-state index in [9.17, 15) is 14.6 Å². The highest BCUT2D eigenvalue weighted by atomic mass is 35.5. The molecule has 0 amide bonds. The van der Waals surface area contributed by atoms with Crippen LogP contribution in [0.25, 0.3) is 5.69 Å². The van der Waals surface area contributed by atoms with E-state index in [1.807, 2.05) is 6.92 Å². The van der Waals surface area contributed by atoms with Gasteiger partial charge < -0.3 is 19.7 Å². The molecular weight excluding hydrogens is 444 g/mol. The van der Waals surface area contributed by atoms with Gasteiger partial charge in [0.25, 0.3) is 0 Å². The topological polar surface area (TPSA) is 63.8 Å². The molecule has 1 saturated heterocycles. The van der Waals surface area contributed by atoms with Crippen LogP contribution in [0.1, 0.15) is 37.3 Å². The summed E-state index contributed by atoms with van der Waals surface area (Å²) in [6, 6.07) is 10.6. The Labute approximate surface area is 188 Å². The standard InChI is InChI=1S/C23H20Cl2FNO4/c1-22-6-7-23(31-22,8-9-30-17-4-2-15(26)3-5-17)19-18(22)20(28)27(21(19)29)16-11-13(24)10-14(25)12-16/h2-5,10-12,28-29H,6-9H2,1H3/t22-,23-/m1/s1. The van der Waals surface area contributed by atoms with Gasteiger partial charge in [0.1, 0.15) is 17.2 Å². The fourth-order valence-electron chi connectivity index (χ4n) is 4.88. The lowest BCUT2D eigenvalue weighted by Gasteiger charge is -2.26. The largest absolute Gasteiger partial charge is 0.494 e. The van der Waals surface area contributed by atoms with Crippen molar-refractivity contribution in [2.24, 2.45) is 0 Å². The van der Waals surface area contributed by atoms with Gasteiger partial charge in [0.2, 0.25) is 11.8 Å². The first-order valence-electron chi connectivity index (χ1n) is 9.95. The van der Waals surface area contributed by atoms with Crippen molar-refractivity contribution in [3.05, 3.63) is 69.5 Å². The summed E-state index contributed by atoms with van der Waals surface area (Å²) in [6.45, 7) is 2.21. The second-order valence-corrected chi connectivity index (χ2v) is 9.11. The number of benzene rings is 2. The van der Waals surface area contributed by atoms with Crippen LogP contribution in [0.5, 0.6) is 17.5 Å². The molecule has 1 aromatic heterocycles. The van der Waals surface area contributed by atoms with E-state index in [1.165, 1.54) is 16.7 Å². The van der Waals surface area contributed by atoms with Crippen LogP contribution in [0, 0.1) is 5.82 Å². The minimum atomic E-state index is -0.792. The van der Waals surface area contributed by atoms with Gasteiger partial charge in [-0.15, -0.1) is 0 Å². The lowest BCUT2D eigenvalue weighted by atomic mass is 9.78. The minimum Gasteiger partial charge on any atom is -0.494 e. The Balaban J connectivity index is 1.51. The van der Waals surface area contributed by atoms with Gasteiger partial charge in [-0.2, -0.15) is 0 Å². The van der Waals surface area contributed by atoms with Gasteiger partial charge in [-0.1, -0.05) is 23.2 Å². The van der Waals surface area contributed by atoms with Crippen molar-refractivity contribution in [1.82, 2.24) is 4.57 Å². The molecule has 0 radical (unpaired) electrons. The molecule has 2 atom stereocenters. The molecule has 2 aromatic carbocycles. The zero-order valence-corrected chi connectivity index (χ0v) is 18.2. The van der Waals surface area contributed by atoms with Gasteiger partial charge >= 0.3 is 0 Å². The summed E-state index contributed by atoms with van der Waals surface area (Å²) in [7, 11) is 0. The third kappa shape index (κ3) is 3.16. The first-order valence-corrected chi connectivity index (χ1v) is 10.7. The number of hydrogen-bond acceptors (Lipinski definition) is 4. The van der Waals surface area contributed by atoms with Gasteiger partial charge in [-0.05, 0) is 62.2 Å². The van der Waals surface area contributed by atoms with E-state index >= 15 is 0 Å². The highest BCUT2D eigenvalue weighted by Gasteiger charge is 2.61. The van der Waals surface area contributed by atoms with Crippen LogP contribution in [0.4, 0.5) is 4.39 Å². The highest BCUT2D eigenvalue weighted by Crippen LogP contribution is 2.65. The van der Waals surface area contributed by atoms with Crippen LogP contribution in [0.3, 0.4) is 0 Å². The van der Waals surface area contributed by atoms with Gasteiger partial charge in [-0.25, -0.2) is 4.39 Å². The molecule has 8 heteroatoms. The smallest absolute Gasteiger partial charge is 0.205 e. The maximum absolute atomic E-state index is 13.1. The maximum Gasteiger partial charge on any atom is 0.205 e. The summed E-state index contributed by atoms with van der Waals surface area (Å²) >= 11 is 12.3. The van der Waals surface area contributed by atoms with Crippen molar-refractivity contribution < 1.29 is 24.1 Å². The lowest BCUT2D eigenvalue weighted by Crippen LogP contribution is -2.25. The molecule has 2 aliphatic heterocycles. The summed E-state index contributed by atoms with van der Waals surface area (Å²) in [5.41, 5.74) is 0.0916. The van der Waals surface area contributed by atoms with E-state index in [4.69, 9.17) is 32.7 Å². The summed E-state index contributed by atoms with van der Waals surface area (Å²) in [5, 5.41) is 23.0. The number of rotatable bonds is 5. The van der Waals surface area contributed by atoms with E-state index in [1.54, 1.807) is 30.3 Å². The summed E-state index contributed by atoms with van der Waals surface area (Å²) < 4.78 is 26.6. The summed E-state index contributed by atoms with van der Waals surface area (Å²) in [5.74, 6) is 0.0320. The van der Waals surface area contributed by atoms with Crippen LogP contribution >= 0.6 is 23.2 Å². The molecule has 2 aliphatic rings. The fraction of sp³-hybridized carbons (Fsp3) is 0.304. The molecule has 31 heavy (non-hydrogen) atoms. The van der Waals surface area contributed by atoms with Crippen molar-refractivity contribution in [1.29, 1.82) is 0 Å². The van der Waals surface area contributed by atoms with E-state index in [-0.39, 0.29) is 17.6 Å². The third-order valence-corrected chi connectivity index (χ3v) is 6.66. The number of hydrogen-bond donors (Lipinski definition) is 2. The van der Waals surface area contributed by atoms with Crippen LogP contribution in [-0.2, 0) is 15.9 Å². The molecule has 5 rings (SSSR count). The summed E-state index contributed by atoms with van der Waals surface area (Å²) in [4.78, 5) is 0. The first-order chi connectivity index (χ1) is 14.7. The Morgan fingerprint density at radius 1 is 1.03 bits per heavy atom. The Morgan fingerprint density at radius 3 is 2.35 bits per heavy atom. The molecule has 0 aliphatic carbocycles. The highest BCUT2D eigenvalue weighted by molar-refractivity contribution is 6.34. The second-order valence-electron chi connectivity index (χ2n) is 8.24. The predicted molar refractivity (Wildman–Crippen MR) is 115 cm³/mol. The predicted octanol–water partition coefficient (Wildman–Crippen LogP) is 6.04. The molecule has 0 unspecified atom stereocenters. The van der Waals surface area contributed by atoms with Crippen molar-refractivity contribution in [3.8, 4) is 23.2 Å². The van der Waals surface area contributed by atoms with E-state index < -0.39 is 11.2 Å². The Hall–Kier alpha value is -2.41. The third-order valence-electron chi connectivity index (χ3n) is 6.23. The number of ether oxygens (including phenoxy) is 2. The second kappa shape index (κ2) is 7.05. The van der Waals surface area contributed by atoms with Gasteiger partial charge in [-0.3, -0.25) is 4.57 Å². The monoisotopic (exact) mass is 463 g/mol. The van der Waals surface area contributed by atoms with Crippen molar-refractivity contribution in [3.63, 3.8) is 0 Å². The number of fused-ring (bicyclic) bond motifs is 5. The van der Waals surface area contributed by atoms with Crippen LogP contribution < -0.4 is 4.74 Å².